The molecule has 0 radical (unpaired) electrons. The van der Waals surface area contributed by atoms with Crippen molar-refractivity contribution >= 4 is 10.3 Å². The molecule has 1 aromatic rings. The summed E-state index contributed by atoms with van der Waals surface area (Å²) in [6, 6.07) is 9.76. The first-order valence-electron chi connectivity index (χ1n) is 6.32. The lowest BCUT2D eigenvalue weighted by atomic mass is 10.0. The number of ether oxygens (including phenoxy) is 2. The summed E-state index contributed by atoms with van der Waals surface area (Å²) in [5.41, 5.74) is 1.08. The van der Waals surface area contributed by atoms with Crippen LogP contribution < -0.4 is 5.14 Å². The van der Waals surface area contributed by atoms with Crippen LogP contribution in [0.4, 0.5) is 0 Å². The van der Waals surface area contributed by atoms with Crippen LogP contribution in [0.3, 0.4) is 0 Å². The van der Waals surface area contributed by atoms with E-state index in [9.17, 15) is 8.42 Å². The summed E-state index contributed by atoms with van der Waals surface area (Å²) in [4.78, 5) is 0. The van der Waals surface area contributed by atoms with Crippen LogP contribution in [0.1, 0.15) is 19.4 Å². The fourth-order valence-corrected chi connectivity index (χ4v) is 2.56. The molecule has 2 atom stereocenters. The molecule has 1 fully saturated rings. The molecule has 1 aliphatic rings. The van der Waals surface area contributed by atoms with Gasteiger partial charge in [-0.05, 0) is 19.4 Å². The molecule has 2 N–H and O–H groups in total. The lowest BCUT2D eigenvalue weighted by Crippen LogP contribution is -2.32. The highest BCUT2D eigenvalue weighted by atomic mass is 32.2. The Kier molecular flexibility index (Phi) is 4.46. The molecule has 0 spiro atoms. The Bertz CT molecular complexity index is 543. The maximum atomic E-state index is 10.9. The summed E-state index contributed by atoms with van der Waals surface area (Å²) in [6.07, 6.45) is -0.152. The van der Waals surface area contributed by atoms with E-state index in [4.69, 9.17) is 14.6 Å². The minimum absolute atomic E-state index is 0.153. The van der Waals surface area contributed by atoms with E-state index in [1.165, 1.54) is 0 Å². The molecule has 0 amide bonds. The fourth-order valence-electron chi connectivity index (χ4n) is 2.23. The van der Waals surface area contributed by atoms with Crippen LogP contribution in [0.25, 0.3) is 0 Å². The summed E-state index contributed by atoms with van der Waals surface area (Å²) >= 11 is 0. The Balaban J connectivity index is 2.04. The molecule has 7 heteroatoms. The van der Waals surface area contributed by atoms with E-state index >= 15 is 0 Å². The topological polar surface area (TPSA) is 87.9 Å². The standard InChI is InChI=1S/C13H19NO5S/c1-13(2)18-11(8-10-6-4-3-5-7-10)12(19-13)9-17-20(14,15)16/h3-7,11-12H,8-9H2,1-2H3,(H2,14,15,16)/t11-,12-/m0/s1. The largest absolute Gasteiger partial charge is 0.344 e. The maximum Gasteiger partial charge on any atom is 0.333 e. The Labute approximate surface area is 119 Å². The number of hydrogen-bond acceptors (Lipinski definition) is 5. The number of benzene rings is 1. The average molecular weight is 301 g/mol. The molecule has 1 saturated heterocycles. The monoisotopic (exact) mass is 301 g/mol. The maximum absolute atomic E-state index is 10.9. The Morgan fingerprint density at radius 1 is 1.20 bits per heavy atom. The van der Waals surface area contributed by atoms with Crippen molar-refractivity contribution in [3.05, 3.63) is 35.9 Å². The highest BCUT2D eigenvalue weighted by Gasteiger charge is 2.41. The van der Waals surface area contributed by atoms with Crippen LogP contribution in [0.5, 0.6) is 0 Å². The van der Waals surface area contributed by atoms with E-state index in [1.807, 2.05) is 30.3 Å². The van der Waals surface area contributed by atoms with Gasteiger partial charge in [0.05, 0.1) is 12.7 Å². The quantitative estimate of drug-likeness (QED) is 0.875. The smallest absolute Gasteiger partial charge is 0.333 e. The normalized spacial score (nSPS) is 25.8. The summed E-state index contributed by atoms with van der Waals surface area (Å²) in [6.45, 7) is 3.41. The zero-order chi connectivity index (χ0) is 14.8. The molecular weight excluding hydrogens is 282 g/mol. The lowest BCUT2D eigenvalue weighted by molar-refractivity contribution is -0.148. The van der Waals surface area contributed by atoms with Gasteiger partial charge in [-0.3, -0.25) is 4.18 Å². The third-order valence-electron chi connectivity index (χ3n) is 2.96. The molecular formula is C13H19NO5S. The molecule has 2 rings (SSSR count). The van der Waals surface area contributed by atoms with Gasteiger partial charge in [-0.15, -0.1) is 0 Å². The van der Waals surface area contributed by atoms with E-state index in [2.05, 4.69) is 4.18 Å². The predicted octanol–water partition coefficient (Wildman–Crippen LogP) is 0.969. The molecule has 0 aromatic heterocycles. The molecule has 112 valence electrons. The van der Waals surface area contributed by atoms with Crippen LogP contribution in [0.2, 0.25) is 0 Å². The zero-order valence-corrected chi connectivity index (χ0v) is 12.3. The predicted molar refractivity (Wildman–Crippen MR) is 73.0 cm³/mol. The SMILES string of the molecule is CC1(C)O[C@@H](COS(N)(=O)=O)[C@H](Cc2ccccc2)O1. The summed E-state index contributed by atoms with van der Waals surface area (Å²) < 4.78 is 37.8. The highest BCUT2D eigenvalue weighted by Crippen LogP contribution is 2.30. The number of hydrogen-bond donors (Lipinski definition) is 1. The zero-order valence-electron chi connectivity index (χ0n) is 11.5. The van der Waals surface area contributed by atoms with Crippen LogP contribution in [0, 0.1) is 0 Å². The van der Waals surface area contributed by atoms with Gasteiger partial charge in [0.1, 0.15) is 6.10 Å². The average Bonchev–Trinajstić information content (AvgIpc) is 2.62. The summed E-state index contributed by atoms with van der Waals surface area (Å²) in [7, 11) is -3.98. The summed E-state index contributed by atoms with van der Waals surface area (Å²) in [5.74, 6) is -0.772. The first-order valence-corrected chi connectivity index (χ1v) is 7.79. The Morgan fingerprint density at radius 3 is 2.40 bits per heavy atom. The van der Waals surface area contributed by atoms with Crippen LogP contribution >= 0.6 is 0 Å². The number of rotatable bonds is 5. The molecule has 1 aliphatic heterocycles. The lowest BCUT2D eigenvalue weighted by Gasteiger charge is -2.16. The minimum Gasteiger partial charge on any atom is -0.344 e. The highest BCUT2D eigenvalue weighted by molar-refractivity contribution is 7.84. The third kappa shape index (κ3) is 4.53. The van der Waals surface area contributed by atoms with E-state index < -0.39 is 22.2 Å². The van der Waals surface area contributed by atoms with E-state index in [0.717, 1.165) is 5.56 Å². The van der Waals surface area contributed by atoms with E-state index in [-0.39, 0.29) is 12.7 Å². The van der Waals surface area contributed by atoms with Gasteiger partial charge in [0, 0.05) is 6.42 Å². The molecule has 0 aliphatic carbocycles. The molecule has 20 heavy (non-hydrogen) atoms. The van der Waals surface area contributed by atoms with Crippen LogP contribution in [0.15, 0.2) is 30.3 Å². The van der Waals surface area contributed by atoms with Crippen molar-refractivity contribution in [2.75, 3.05) is 6.61 Å². The third-order valence-corrected chi connectivity index (χ3v) is 3.43. The Morgan fingerprint density at radius 2 is 1.80 bits per heavy atom. The minimum atomic E-state index is -3.98. The van der Waals surface area contributed by atoms with Gasteiger partial charge in [0.25, 0.3) is 0 Å². The van der Waals surface area contributed by atoms with Gasteiger partial charge in [0.15, 0.2) is 5.79 Å². The van der Waals surface area contributed by atoms with Crippen molar-refractivity contribution in [2.45, 2.75) is 38.3 Å². The molecule has 1 aromatic carbocycles. The van der Waals surface area contributed by atoms with Crippen molar-refractivity contribution in [1.82, 2.24) is 0 Å². The number of nitrogens with two attached hydrogens (primary N) is 1. The Hall–Kier alpha value is -0.990. The van der Waals surface area contributed by atoms with Crippen molar-refractivity contribution in [3.8, 4) is 0 Å². The second-order valence-corrected chi connectivity index (χ2v) is 6.40. The first-order chi connectivity index (χ1) is 9.25. The van der Waals surface area contributed by atoms with Gasteiger partial charge < -0.3 is 9.47 Å². The fraction of sp³-hybridized carbons (Fsp3) is 0.538. The van der Waals surface area contributed by atoms with Crippen molar-refractivity contribution in [3.63, 3.8) is 0 Å². The van der Waals surface area contributed by atoms with Crippen molar-refractivity contribution in [2.24, 2.45) is 5.14 Å². The first kappa shape index (κ1) is 15.4. The second-order valence-electron chi connectivity index (χ2n) is 5.18. The van der Waals surface area contributed by atoms with Crippen molar-refractivity contribution < 1.29 is 22.1 Å². The van der Waals surface area contributed by atoms with Gasteiger partial charge in [0.2, 0.25) is 0 Å². The van der Waals surface area contributed by atoms with Gasteiger partial charge in [-0.2, -0.15) is 8.42 Å². The van der Waals surface area contributed by atoms with Gasteiger partial charge in [-0.25, -0.2) is 5.14 Å². The molecule has 0 bridgehead atoms. The molecule has 0 saturated carbocycles. The summed E-state index contributed by atoms with van der Waals surface area (Å²) in [5, 5.41) is 4.83. The van der Waals surface area contributed by atoms with Crippen molar-refractivity contribution in [1.29, 1.82) is 0 Å². The van der Waals surface area contributed by atoms with Crippen LogP contribution in [-0.4, -0.2) is 33.0 Å². The second kappa shape index (κ2) is 5.79. The van der Waals surface area contributed by atoms with Gasteiger partial charge >= 0.3 is 10.3 Å². The van der Waals surface area contributed by atoms with Crippen LogP contribution in [-0.2, 0) is 30.4 Å². The van der Waals surface area contributed by atoms with E-state index in [0.29, 0.717) is 6.42 Å². The molecule has 6 nitrogen and oxygen atoms in total. The van der Waals surface area contributed by atoms with E-state index in [1.54, 1.807) is 13.8 Å². The molecule has 0 unspecified atom stereocenters. The molecule has 1 heterocycles. The van der Waals surface area contributed by atoms with Gasteiger partial charge in [-0.1, -0.05) is 30.3 Å².